The Hall–Kier alpha value is -2.61. The predicted octanol–water partition coefficient (Wildman–Crippen LogP) is 2.44. The van der Waals surface area contributed by atoms with E-state index in [1.807, 2.05) is 6.26 Å². The molecule has 0 radical (unpaired) electrons. The highest BCUT2D eigenvalue weighted by molar-refractivity contribution is 7.98. The Kier molecular flexibility index (Phi) is 8.46. The number of ether oxygens (including phenoxy) is 2. The fourth-order valence-electron chi connectivity index (χ4n) is 4.14. The smallest absolute Gasteiger partial charge is 0.433 e. The fraction of sp³-hybridized carbons (Fsp3) is 0.400. The van der Waals surface area contributed by atoms with Crippen LogP contribution in [0.5, 0.6) is 5.88 Å². The highest BCUT2D eigenvalue weighted by Crippen LogP contribution is 2.39. The summed E-state index contributed by atoms with van der Waals surface area (Å²) in [5.41, 5.74) is -0.158. The Morgan fingerprint density at radius 1 is 0.973 bits per heavy atom. The van der Waals surface area contributed by atoms with Gasteiger partial charge >= 0.3 is 6.18 Å². The summed E-state index contributed by atoms with van der Waals surface area (Å²) in [6, 6.07) is 15.5. The molecule has 4 rings (SSSR count). The van der Waals surface area contributed by atoms with Gasteiger partial charge in [0.2, 0.25) is 12.2 Å². The SMILES string of the molecule is CSc1ccc(Cc2c(O[C@@H]3O[C@H](CO)[C@@H](O)[C@H](O)[C@H]3O)nn(Cc3ccccc3)c2C(F)(F)F)cc1. The van der Waals surface area contributed by atoms with Crippen LogP contribution in [0.15, 0.2) is 59.5 Å². The van der Waals surface area contributed by atoms with Crippen molar-refractivity contribution >= 4 is 11.8 Å². The number of rotatable bonds is 8. The zero-order valence-corrected chi connectivity index (χ0v) is 20.6. The van der Waals surface area contributed by atoms with E-state index in [9.17, 15) is 33.6 Å². The molecule has 1 fully saturated rings. The van der Waals surface area contributed by atoms with Crippen LogP contribution in [0, 0.1) is 0 Å². The zero-order valence-electron chi connectivity index (χ0n) is 19.7. The Morgan fingerprint density at radius 3 is 2.24 bits per heavy atom. The summed E-state index contributed by atoms with van der Waals surface area (Å²) in [5, 5.41) is 44.1. The van der Waals surface area contributed by atoms with Crippen molar-refractivity contribution in [3.05, 3.63) is 77.0 Å². The maximum Gasteiger partial charge on any atom is 0.433 e. The molecule has 3 aromatic rings. The quantitative estimate of drug-likeness (QED) is 0.322. The lowest BCUT2D eigenvalue weighted by molar-refractivity contribution is -0.278. The molecule has 8 nitrogen and oxygen atoms in total. The van der Waals surface area contributed by atoms with E-state index < -0.39 is 55.1 Å². The normalized spacial score (nSPS) is 24.3. The Balaban J connectivity index is 1.77. The van der Waals surface area contributed by atoms with Crippen LogP contribution in [-0.4, -0.2) is 73.8 Å². The van der Waals surface area contributed by atoms with Gasteiger partial charge in [0.1, 0.15) is 30.1 Å². The van der Waals surface area contributed by atoms with Gasteiger partial charge in [-0.15, -0.1) is 16.9 Å². The fourth-order valence-corrected chi connectivity index (χ4v) is 4.55. The molecule has 1 saturated heterocycles. The lowest BCUT2D eigenvalue weighted by Gasteiger charge is -2.39. The Morgan fingerprint density at radius 2 is 1.65 bits per heavy atom. The van der Waals surface area contributed by atoms with Gasteiger partial charge in [0.05, 0.1) is 18.7 Å². The van der Waals surface area contributed by atoms with Gasteiger partial charge in [-0.1, -0.05) is 42.5 Å². The third-order valence-corrected chi connectivity index (χ3v) is 6.82. The molecule has 12 heteroatoms. The van der Waals surface area contributed by atoms with Gasteiger partial charge in [-0.25, -0.2) is 0 Å². The molecule has 0 unspecified atom stereocenters. The lowest BCUT2D eigenvalue weighted by atomic mass is 9.99. The molecule has 37 heavy (non-hydrogen) atoms. The van der Waals surface area contributed by atoms with Crippen molar-refractivity contribution in [1.82, 2.24) is 9.78 Å². The second-order valence-corrected chi connectivity index (χ2v) is 9.49. The minimum atomic E-state index is -4.80. The van der Waals surface area contributed by atoms with Crippen LogP contribution < -0.4 is 4.74 Å². The molecule has 0 aliphatic carbocycles. The van der Waals surface area contributed by atoms with Crippen LogP contribution in [0.2, 0.25) is 0 Å². The summed E-state index contributed by atoms with van der Waals surface area (Å²) in [6.45, 7) is -0.915. The highest BCUT2D eigenvalue weighted by atomic mass is 32.2. The van der Waals surface area contributed by atoms with Crippen LogP contribution in [0.25, 0.3) is 0 Å². The number of aliphatic hydroxyl groups excluding tert-OH is 4. The van der Waals surface area contributed by atoms with Crippen LogP contribution in [0.1, 0.15) is 22.4 Å². The molecule has 2 aromatic carbocycles. The van der Waals surface area contributed by atoms with E-state index in [1.54, 1.807) is 54.6 Å². The molecule has 4 N–H and O–H groups in total. The molecular formula is C25H27F3N2O6S. The molecule has 0 spiro atoms. The molecule has 0 amide bonds. The Labute approximate surface area is 215 Å². The summed E-state index contributed by atoms with van der Waals surface area (Å²) in [7, 11) is 0. The van der Waals surface area contributed by atoms with Gasteiger partial charge in [0, 0.05) is 11.3 Å². The minimum Gasteiger partial charge on any atom is -0.443 e. The van der Waals surface area contributed by atoms with Crippen molar-refractivity contribution in [2.24, 2.45) is 0 Å². The third-order valence-electron chi connectivity index (χ3n) is 6.07. The number of alkyl halides is 3. The molecule has 2 heterocycles. The maximum atomic E-state index is 14.4. The van der Waals surface area contributed by atoms with Gasteiger partial charge in [0.25, 0.3) is 0 Å². The van der Waals surface area contributed by atoms with E-state index >= 15 is 0 Å². The molecule has 1 aliphatic heterocycles. The number of benzene rings is 2. The number of nitrogens with zero attached hydrogens (tertiary/aromatic N) is 2. The number of aromatic nitrogens is 2. The van der Waals surface area contributed by atoms with Crippen molar-refractivity contribution in [1.29, 1.82) is 0 Å². The summed E-state index contributed by atoms with van der Waals surface area (Å²) in [4.78, 5) is 0.942. The largest absolute Gasteiger partial charge is 0.443 e. The highest BCUT2D eigenvalue weighted by Gasteiger charge is 2.46. The molecule has 5 atom stereocenters. The van der Waals surface area contributed by atoms with E-state index in [0.717, 1.165) is 9.58 Å². The van der Waals surface area contributed by atoms with Gasteiger partial charge in [-0.05, 0) is 29.5 Å². The van der Waals surface area contributed by atoms with E-state index in [4.69, 9.17) is 9.47 Å². The first-order valence-corrected chi connectivity index (χ1v) is 12.7. The zero-order chi connectivity index (χ0) is 26.7. The van der Waals surface area contributed by atoms with E-state index in [0.29, 0.717) is 11.1 Å². The number of aliphatic hydroxyl groups is 4. The lowest BCUT2D eigenvalue weighted by Crippen LogP contribution is -2.60. The average molecular weight is 541 g/mol. The topological polar surface area (TPSA) is 117 Å². The van der Waals surface area contributed by atoms with Crippen molar-refractivity contribution < 1.29 is 43.1 Å². The van der Waals surface area contributed by atoms with Gasteiger partial charge in [0.15, 0.2) is 0 Å². The third kappa shape index (κ3) is 6.11. The van der Waals surface area contributed by atoms with Crippen LogP contribution in [-0.2, 0) is 23.9 Å². The second-order valence-electron chi connectivity index (χ2n) is 8.61. The molecule has 200 valence electrons. The van der Waals surface area contributed by atoms with E-state index in [-0.39, 0.29) is 18.5 Å². The predicted molar refractivity (Wildman–Crippen MR) is 128 cm³/mol. The van der Waals surface area contributed by atoms with E-state index in [2.05, 4.69) is 5.10 Å². The number of hydrogen-bond donors (Lipinski definition) is 4. The van der Waals surface area contributed by atoms with Crippen molar-refractivity contribution in [2.45, 2.75) is 54.7 Å². The number of thioether (sulfide) groups is 1. The first-order chi connectivity index (χ1) is 17.6. The van der Waals surface area contributed by atoms with E-state index in [1.165, 1.54) is 11.8 Å². The maximum absolute atomic E-state index is 14.4. The summed E-state index contributed by atoms with van der Waals surface area (Å²) in [5.74, 6) is -0.443. The summed E-state index contributed by atoms with van der Waals surface area (Å²) < 4.78 is 55.1. The molecular weight excluding hydrogens is 513 g/mol. The summed E-state index contributed by atoms with van der Waals surface area (Å²) >= 11 is 1.50. The minimum absolute atomic E-state index is 0.189. The standard InChI is InChI=1S/C25H27F3N2O6S/c1-37-16-9-7-14(8-10-16)11-17-22(25(26,27)28)30(12-15-5-3-2-4-6-15)29-23(17)36-24-21(34)20(33)19(32)18(13-31)35-24/h2-10,18-21,24,31-34H,11-13H2,1H3/t18-,19-,20+,21-,24+/m1/s1. The van der Waals surface area contributed by atoms with Crippen LogP contribution in [0.4, 0.5) is 13.2 Å². The second kappa shape index (κ2) is 11.4. The Bertz CT molecular complexity index is 1170. The van der Waals surface area contributed by atoms with Gasteiger partial charge < -0.3 is 29.9 Å². The first-order valence-electron chi connectivity index (χ1n) is 11.4. The number of hydrogen-bond acceptors (Lipinski definition) is 8. The molecule has 0 bridgehead atoms. The number of halogens is 3. The monoisotopic (exact) mass is 540 g/mol. The molecule has 1 aliphatic rings. The molecule has 1 aromatic heterocycles. The molecule has 0 saturated carbocycles. The average Bonchev–Trinajstić information content (AvgIpc) is 3.21. The van der Waals surface area contributed by atoms with Crippen LogP contribution >= 0.6 is 11.8 Å². The summed E-state index contributed by atoms with van der Waals surface area (Å²) in [6.07, 6.45) is -11.3. The first kappa shape index (κ1) is 27.4. The van der Waals surface area contributed by atoms with Crippen LogP contribution in [0.3, 0.4) is 0 Å². The van der Waals surface area contributed by atoms with Gasteiger partial charge in [-0.3, -0.25) is 4.68 Å². The van der Waals surface area contributed by atoms with Gasteiger partial charge in [-0.2, -0.15) is 13.2 Å². The van der Waals surface area contributed by atoms with Crippen molar-refractivity contribution in [2.75, 3.05) is 12.9 Å². The van der Waals surface area contributed by atoms with Crippen molar-refractivity contribution in [3.8, 4) is 5.88 Å². The van der Waals surface area contributed by atoms with Crippen molar-refractivity contribution in [3.63, 3.8) is 0 Å².